The third-order valence-corrected chi connectivity index (χ3v) is 0.638. The summed E-state index contributed by atoms with van der Waals surface area (Å²) in [4.78, 5) is 9.93. The van der Waals surface area contributed by atoms with E-state index in [1.807, 2.05) is 0 Å². The highest BCUT2D eigenvalue weighted by atomic mass is 16.4. The first-order valence-corrected chi connectivity index (χ1v) is 2.14. The fourth-order valence-corrected chi connectivity index (χ4v) is 0.355. The molecule has 0 aliphatic heterocycles. The summed E-state index contributed by atoms with van der Waals surface area (Å²) < 4.78 is 1.00. The van der Waals surface area contributed by atoms with Crippen LogP contribution in [0.3, 0.4) is 0 Å². The topological polar surface area (TPSA) is 80.9 Å². The number of carboxylic acids is 1. The summed E-state index contributed by atoms with van der Waals surface area (Å²) in [5, 5.41) is 17.7. The molecular formula is C3H3N4O2. The van der Waals surface area contributed by atoms with Crippen LogP contribution < -0.4 is 0 Å². The molecule has 0 spiro atoms. The normalized spacial score (nSPS) is 9.33. The van der Waals surface area contributed by atoms with Gasteiger partial charge in [-0.05, 0) is 10.4 Å². The van der Waals surface area contributed by atoms with Gasteiger partial charge >= 0.3 is 5.97 Å². The smallest absolute Gasteiger partial charge is 0.325 e. The molecule has 0 atom stereocenters. The molecule has 1 aromatic heterocycles. The number of carboxylic acid groups (broad SMARTS) is 1. The van der Waals surface area contributed by atoms with Crippen LogP contribution in [-0.4, -0.2) is 31.3 Å². The summed E-state index contributed by atoms with van der Waals surface area (Å²) in [5.41, 5.74) is 0. The molecule has 6 heteroatoms. The van der Waals surface area contributed by atoms with Gasteiger partial charge in [0.2, 0.25) is 6.33 Å². The van der Waals surface area contributed by atoms with E-state index in [0.717, 1.165) is 4.68 Å². The van der Waals surface area contributed by atoms with Crippen LogP contribution in [0.15, 0.2) is 0 Å². The number of aliphatic carboxylic acids is 1. The molecule has 0 saturated heterocycles. The number of hydrogen-bond donors (Lipinski definition) is 1. The minimum atomic E-state index is -0.987. The number of nitrogens with zero attached hydrogens (tertiary/aromatic N) is 4. The van der Waals surface area contributed by atoms with E-state index < -0.39 is 5.97 Å². The summed E-state index contributed by atoms with van der Waals surface area (Å²) >= 11 is 0. The molecule has 0 aromatic carbocycles. The fourth-order valence-electron chi connectivity index (χ4n) is 0.355. The second-order valence-corrected chi connectivity index (χ2v) is 1.33. The zero-order valence-corrected chi connectivity index (χ0v) is 4.35. The van der Waals surface area contributed by atoms with Crippen molar-refractivity contribution in [3.05, 3.63) is 6.33 Å². The van der Waals surface area contributed by atoms with Crippen LogP contribution in [0.5, 0.6) is 0 Å². The Morgan fingerprint density at radius 1 is 1.78 bits per heavy atom. The van der Waals surface area contributed by atoms with Gasteiger partial charge in [0.05, 0.1) is 0 Å². The zero-order chi connectivity index (χ0) is 6.69. The number of tetrazole rings is 1. The van der Waals surface area contributed by atoms with Crippen molar-refractivity contribution in [3.8, 4) is 0 Å². The Bertz CT molecular complexity index is 194. The van der Waals surface area contributed by atoms with Crippen LogP contribution in [0.25, 0.3) is 0 Å². The predicted molar refractivity (Wildman–Crippen MR) is 24.3 cm³/mol. The van der Waals surface area contributed by atoms with E-state index in [4.69, 9.17) is 5.11 Å². The maximum atomic E-state index is 9.93. The lowest BCUT2D eigenvalue weighted by Gasteiger charge is -1.87. The van der Waals surface area contributed by atoms with Crippen molar-refractivity contribution in [2.75, 3.05) is 0 Å². The second-order valence-electron chi connectivity index (χ2n) is 1.33. The van der Waals surface area contributed by atoms with Crippen molar-refractivity contribution in [1.29, 1.82) is 0 Å². The average molecular weight is 127 g/mol. The predicted octanol–water partition coefficient (Wildman–Crippen LogP) is -1.44. The van der Waals surface area contributed by atoms with Crippen LogP contribution in [-0.2, 0) is 11.3 Å². The third-order valence-electron chi connectivity index (χ3n) is 0.638. The molecule has 1 radical (unpaired) electrons. The molecule has 1 rings (SSSR count). The van der Waals surface area contributed by atoms with Crippen molar-refractivity contribution in [1.82, 2.24) is 20.2 Å². The third kappa shape index (κ3) is 1.48. The van der Waals surface area contributed by atoms with Crippen LogP contribution in [0.4, 0.5) is 0 Å². The molecule has 0 saturated carbocycles. The molecule has 0 aliphatic carbocycles. The lowest BCUT2D eigenvalue weighted by atomic mass is 10.7. The maximum Gasteiger partial charge on any atom is 0.325 e. The number of carbonyl (C=O) groups is 1. The summed E-state index contributed by atoms with van der Waals surface area (Å²) in [6.07, 6.45) is 2.23. The van der Waals surface area contributed by atoms with Crippen LogP contribution >= 0.6 is 0 Å². The van der Waals surface area contributed by atoms with Crippen molar-refractivity contribution in [2.24, 2.45) is 0 Å². The maximum absolute atomic E-state index is 9.93. The van der Waals surface area contributed by atoms with E-state index in [9.17, 15) is 4.79 Å². The first kappa shape index (κ1) is 5.67. The lowest BCUT2D eigenvalue weighted by Crippen LogP contribution is -2.09. The van der Waals surface area contributed by atoms with Gasteiger partial charge in [0.1, 0.15) is 6.54 Å². The van der Waals surface area contributed by atoms with Crippen molar-refractivity contribution in [2.45, 2.75) is 6.54 Å². The Morgan fingerprint density at radius 3 is 3.00 bits per heavy atom. The van der Waals surface area contributed by atoms with Crippen molar-refractivity contribution >= 4 is 5.97 Å². The number of aromatic nitrogens is 4. The average Bonchev–Trinajstić information content (AvgIpc) is 2.15. The van der Waals surface area contributed by atoms with E-state index in [1.165, 1.54) is 0 Å². The van der Waals surface area contributed by atoms with Gasteiger partial charge in [-0.3, -0.25) is 4.79 Å². The molecule has 6 nitrogen and oxygen atoms in total. The Kier molecular flexibility index (Phi) is 1.39. The zero-order valence-electron chi connectivity index (χ0n) is 4.35. The Balaban J connectivity index is 2.58. The molecule has 0 fully saturated rings. The van der Waals surface area contributed by atoms with Crippen molar-refractivity contribution < 1.29 is 9.90 Å². The van der Waals surface area contributed by atoms with Gasteiger partial charge in [0.25, 0.3) is 0 Å². The Labute approximate surface area is 50.1 Å². The Hall–Kier alpha value is -1.46. The molecule has 1 aromatic rings. The molecule has 1 N–H and O–H groups in total. The largest absolute Gasteiger partial charge is 0.480 e. The SMILES string of the molecule is O=C(O)Cn1[c]nnn1. The first-order chi connectivity index (χ1) is 4.29. The molecule has 47 valence electrons. The van der Waals surface area contributed by atoms with E-state index in [1.54, 1.807) is 0 Å². The van der Waals surface area contributed by atoms with E-state index in [-0.39, 0.29) is 6.54 Å². The molecule has 0 amide bonds. The van der Waals surface area contributed by atoms with Gasteiger partial charge in [-0.1, -0.05) is 0 Å². The monoisotopic (exact) mass is 127 g/mol. The standard InChI is InChI=1S/C3H3N4O2/c8-3(9)1-7-2-4-5-6-7/h1H2,(H,8,9). The molecule has 0 bridgehead atoms. The van der Waals surface area contributed by atoms with E-state index in [0.29, 0.717) is 0 Å². The lowest BCUT2D eigenvalue weighted by molar-refractivity contribution is -0.137. The van der Waals surface area contributed by atoms with Gasteiger partial charge in [-0.15, -0.1) is 5.10 Å². The highest BCUT2D eigenvalue weighted by Gasteiger charge is 1.98. The van der Waals surface area contributed by atoms with E-state index >= 15 is 0 Å². The molecule has 9 heavy (non-hydrogen) atoms. The van der Waals surface area contributed by atoms with Crippen LogP contribution in [0, 0.1) is 6.33 Å². The molecule has 0 unspecified atom stereocenters. The van der Waals surface area contributed by atoms with Gasteiger partial charge in [-0.2, -0.15) is 0 Å². The first-order valence-electron chi connectivity index (χ1n) is 2.14. The quantitative estimate of drug-likeness (QED) is 0.526. The minimum Gasteiger partial charge on any atom is -0.480 e. The van der Waals surface area contributed by atoms with Crippen molar-refractivity contribution in [3.63, 3.8) is 0 Å². The minimum absolute atomic E-state index is 0.243. The molecule has 0 aliphatic rings. The van der Waals surface area contributed by atoms with Gasteiger partial charge in [-0.25, -0.2) is 4.68 Å². The summed E-state index contributed by atoms with van der Waals surface area (Å²) in [6, 6.07) is 0. The molecule has 1 heterocycles. The molecular weight excluding hydrogens is 124 g/mol. The van der Waals surface area contributed by atoms with Crippen LogP contribution in [0.1, 0.15) is 0 Å². The number of hydrogen-bond acceptors (Lipinski definition) is 4. The summed E-state index contributed by atoms with van der Waals surface area (Å²) in [7, 11) is 0. The van der Waals surface area contributed by atoms with Gasteiger partial charge in [0, 0.05) is 0 Å². The second kappa shape index (κ2) is 2.21. The van der Waals surface area contributed by atoms with E-state index in [2.05, 4.69) is 21.9 Å². The summed E-state index contributed by atoms with van der Waals surface area (Å²) in [5.74, 6) is -0.987. The number of rotatable bonds is 2. The highest BCUT2D eigenvalue weighted by Crippen LogP contribution is 1.74. The highest BCUT2D eigenvalue weighted by molar-refractivity contribution is 5.66. The fraction of sp³-hybridized carbons (Fsp3) is 0.333. The summed E-state index contributed by atoms with van der Waals surface area (Å²) in [6.45, 7) is -0.243. The van der Waals surface area contributed by atoms with Gasteiger partial charge in [0.15, 0.2) is 0 Å². The Morgan fingerprint density at radius 2 is 2.56 bits per heavy atom. The van der Waals surface area contributed by atoms with Gasteiger partial charge < -0.3 is 5.11 Å². The van der Waals surface area contributed by atoms with Crippen LogP contribution in [0.2, 0.25) is 0 Å².